The van der Waals surface area contributed by atoms with Crippen LogP contribution in [0, 0.1) is 16.7 Å². The van der Waals surface area contributed by atoms with Crippen molar-refractivity contribution in [3.05, 3.63) is 101 Å². The minimum Gasteiger partial charge on any atom is -0.497 e. The number of amidine groups is 1. The molecule has 2 N–H and O–H groups in total. The van der Waals surface area contributed by atoms with Crippen molar-refractivity contribution in [2.75, 3.05) is 17.3 Å². The van der Waals surface area contributed by atoms with E-state index in [1.807, 2.05) is 72.8 Å². The number of allylic oxidation sites excluding steroid dienone is 1. The second-order valence-corrected chi connectivity index (χ2v) is 7.76. The van der Waals surface area contributed by atoms with Crippen LogP contribution in [-0.2, 0) is 0 Å². The van der Waals surface area contributed by atoms with E-state index in [0.717, 1.165) is 11.3 Å². The van der Waals surface area contributed by atoms with Crippen molar-refractivity contribution in [1.82, 2.24) is 0 Å². The van der Waals surface area contributed by atoms with Crippen LogP contribution < -0.4 is 24.4 Å². The molecule has 0 saturated heterocycles. The third kappa shape index (κ3) is 2.78. The number of benzene rings is 3. The third-order valence-corrected chi connectivity index (χ3v) is 5.96. The quantitative estimate of drug-likeness (QED) is 0.582. The van der Waals surface area contributed by atoms with Crippen LogP contribution in [0.25, 0.3) is 0 Å². The summed E-state index contributed by atoms with van der Waals surface area (Å²) >= 11 is 0. The Morgan fingerprint density at radius 1 is 0.970 bits per heavy atom. The molecule has 7 nitrogen and oxygen atoms in total. The van der Waals surface area contributed by atoms with Crippen molar-refractivity contribution in [2.24, 2.45) is 0 Å². The van der Waals surface area contributed by atoms with E-state index in [1.165, 1.54) is 0 Å². The second-order valence-electron chi connectivity index (χ2n) is 7.76. The Hall–Kier alpha value is -4.70. The SMILES string of the molecule is COc1ccc(C2C(C#N)=C3Oc4ccccc4N3C(=N)/C2=C2\Nc3ccccc3O2)cc1. The lowest BCUT2D eigenvalue weighted by Gasteiger charge is -2.33. The molecule has 0 aliphatic carbocycles. The first-order chi connectivity index (χ1) is 16.2. The van der Waals surface area contributed by atoms with E-state index in [1.54, 1.807) is 12.0 Å². The standard InChI is InChI=1S/C26H18N4O3/c1-31-16-12-10-15(11-13-16)22-17(14-27)26-30(19-7-3-5-9-21(19)33-26)24(28)23(22)25-29-18-6-2-4-8-20(18)32-25/h2-13,22,28-29H,1H3/b25-23+,28-24?. The number of anilines is 2. The van der Waals surface area contributed by atoms with Gasteiger partial charge in [-0.05, 0) is 42.0 Å². The number of methoxy groups -OCH3 is 1. The molecule has 6 rings (SSSR count). The van der Waals surface area contributed by atoms with Crippen LogP contribution in [0.3, 0.4) is 0 Å². The summed E-state index contributed by atoms with van der Waals surface area (Å²) in [6.07, 6.45) is 0. The van der Waals surface area contributed by atoms with Crippen LogP contribution in [-0.4, -0.2) is 12.9 Å². The van der Waals surface area contributed by atoms with Gasteiger partial charge in [-0.1, -0.05) is 36.4 Å². The molecule has 0 spiro atoms. The van der Waals surface area contributed by atoms with Gasteiger partial charge in [0.2, 0.25) is 11.8 Å². The van der Waals surface area contributed by atoms with Crippen LogP contribution in [0.2, 0.25) is 0 Å². The zero-order valence-corrected chi connectivity index (χ0v) is 17.6. The first-order valence-corrected chi connectivity index (χ1v) is 10.4. The predicted octanol–water partition coefficient (Wildman–Crippen LogP) is 5.12. The Bertz CT molecular complexity index is 1390. The van der Waals surface area contributed by atoms with Gasteiger partial charge in [0.1, 0.15) is 23.2 Å². The van der Waals surface area contributed by atoms with Crippen LogP contribution >= 0.6 is 0 Å². The molecule has 33 heavy (non-hydrogen) atoms. The summed E-state index contributed by atoms with van der Waals surface area (Å²) in [6, 6.07) is 24.9. The molecular weight excluding hydrogens is 416 g/mol. The van der Waals surface area contributed by atoms with E-state index in [2.05, 4.69) is 11.4 Å². The van der Waals surface area contributed by atoms with E-state index in [9.17, 15) is 10.7 Å². The topological polar surface area (TPSA) is 90.6 Å². The monoisotopic (exact) mass is 434 g/mol. The van der Waals surface area contributed by atoms with Gasteiger partial charge in [0.15, 0.2) is 11.5 Å². The highest BCUT2D eigenvalue weighted by atomic mass is 16.5. The van der Waals surface area contributed by atoms with Crippen molar-refractivity contribution >= 4 is 17.2 Å². The summed E-state index contributed by atoms with van der Waals surface area (Å²) in [7, 11) is 1.61. The molecule has 0 bridgehead atoms. The molecule has 160 valence electrons. The maximum atomic E-state index is 10.3. The van der Waals surface area contributed by atoms with Gasteiger partial charge in [0, 0.05) is 0 Å². The molecule has 0 amide bonds. The lowest BCUT2D eigenvalue weighted by atomic mass is 9.81. The average Bonchev–Trinajstić information content (AvgIpc) is 3.45. The molecule has 3 aromatic rings. The van der Waals surface area contributed by atoms with E-state index >= 15 is 0 Å². The van der Waals surface area contributed by atoms with Crippen LogP contribution in [0.15, 0.2) is 95.7 Å². The Morgan fingerprint density at radius 3 is 2.42 bits per heavy atom. The molecule has 1 unspecified atom stereocenters. The molecule has 1 atom stereocenters. The van der Waals surface area contributed by atoms with Crippen LogP contribution in [0.4, 0.5) is 11.4 Å². The molecule has 3 aliphatic heterocycles. The van der Waals surface area contributed by atoms with Gasteiger partial charge in [-0.25, -0.2) is 0 Å². The number of nitrogens with zero attached hydrogens (tertiary/aromatic N) is 2. The summed E-state index contributed by atoms with van der Waals surface area (Å²) in [5, 5.41) is 22.8. The first kappa shape index (κ1) is 19.0. The summed E-state index contributed by atoms with van der Waals surface area (Å²) in [4.78, 5) is 1.67. The summed E-state index contributed by atoms with van der Waals surface area (Å²) in [5.41, 5.74) is 3.31. The smallest absolute Gasteiger partial charge is 0.221 e. The van der Waals surface area contributed by atoms with Crippen LogP contribution in [0.1, 0.15) is 11.5 Å². The molecule has 3 aliphatic rings. The van der Waals surface area contributed by atoms with E-state index < -0.39 is 5.92 Å². The van der Waals surface area contributed by atoms with Crippen molar-refractivity contribution in [1.29, 1.82) is 10.7 Å². The number of rotatable bonds is 2. The fourth-order valence-corrected chi connectivity index (χ4v) is 4.43. The molecule has 3 aromatic carbocycles. The largest absolute Gasteiger partial charge is 0.497 e. The van der Waals surface area contributed by atoms with Gasteiger partial charge in [-0.15, -0.1) is 0 Å². The van der Waals surface area contributed by atoms with Crippen LogP contribution in [0.5, 0.6) is 17.2 Å². The summed E-state index contributed by atoms with van der Waals surface area (Å²) < 4.78 is 17.5. The Balaban J connectivity index is 1.59. The fourth-order valence-electron chi connectivity index (χ4n) is 4.43. The Labute approximate surface area is 190 Å². The fraction of sp³-hybridized carbons (Fsp3) is 0.0769. The van der Waals surface area contributed by atoms with Crippen molar-refractivity contribution in [3.8, 4) is 23.3 Å². The molecule has 3 heterocycles. The number of ether oxygens (including phenoxy) is 3. The highest BCUT2D eigenvalue weighted by Crippen LogP contribution is 2.50. The highest BCUT2D eigenvalue weighted by molar-refractivity contribution is 6.15. The van der Waals surface area contributed by atoms with Crippen molar-refractivity contribution in [3.63, 3.8) is 0 Å². The van der Waals surface area contributed by atoms with E-state index in [0.29, 0.717) is 45.8 Å². The average molecular weight is 434 g/mol. The highest BCUT2D eigenvalue weighted by Gasteiger charge is 2.46. The molecular formula is C26H18N4O3. The summed E-state index contributed by atoms with van der Waals surface area (Å²) in [6.45, 7) is 0. The zero-order valence-electron chi connectivity index (χ0n) is 17.6. The van der Waals surface area contributed by atoms with E-state index in [4.69, 9.17) is 14.2 Å². The molecule has 0 saturated carbocycles. The predicted molar refractivity (Wildman–Crippen MR) is 123 cm³/mol. The molecule has 0 radical (unpaired) electrons. The normalized spacial score (nSPS) is 20.2. The van der Waals surface area contributed by atoms with Gasteiger partial charge >= 0.3 is 0 Å². The first-order valence-electron chi connectivity index (χ1n) is 10.4. The lowest BCUT2D eigenvalue weighted by molar-refractivity contribution is 0.414. The summed E-state index contributed by atoms with van der Waals surface area (Å²) in [5.74, 6) is 2.39. The Kier molecular flexibility index (Phi) is 4.14. The minimum absolute atomic E-state index is 0.185. The number of hydrogen-bond acceptors (Lipinski definition) is 6. The number of hydrogen-bond donors (Lipinski definition) is 2. The third-order valence-electron chi connectivity index (χ3n) is 5.96. The molecule has 7 heteroatoms. The maximum Gasteiger partial charge on any atom is 0.221 e. The number of para-hydroxylation sites is 4. The minimum atomic E-state index is -0.564. The molecule has 0 aromatic heterocycles. The maximum absolute atomic E-state index is 10.3. The zero-order chi connectivity index (χ0) is 22.5. The van der Waals surface area contributed by atoms with Crippen molar-refractivity contribution < 1.29 is 14.2 Å². The Morgan fingerprint density at radius 2 is 1.70 bits per heavy atom. The van der Waals surface area contributed by atoms with Gasteiger partial charge < -0.3 is 19.5 Å². The van der Waals surface area contributed by atoms with Gasteiger partial charge in [-0.3, -0.25) is 10.3 Å². The number of fused-ring (bicyclic) bond motifs is 4. The van der Waals surface area contributed by atoms with Gasteiger partial charge in [0.25, 0.3) is 0 Å². The van der Waals surface area contributed by atoms with E-state index in [-0.39, 0.29) is 5.84 Å². The molecule has 0 fully saturated rings. The number of nitriles is 1. The second kappa shape index (κ2) is 7.18. The van der Waals surface area contributed by atoms with Crippen molar-refractivity contribution in [2.45, 2.75) is 5.92 Å². The van der Waals surface area contributed by atoms with Gasteiger partial charge in [-0.2, -0.15) is 5.26 Å². The van der Waals surface area contributed by atoms with Gasteiger partial charge in [0.05, 0.1) is 30.0 Å². The number of nitrogens with one attached hydrogen (secondary N) is 2. The lowest BCUT2D eigenvalue weighted by Crippen LogP contribution is -2.39.